The predicted octanol–water partition coefficient (Wildman–Crippen LogP) is 2.24. The quantitative estimate of drug-likeness (QED) is 0.778. The maximum atomic E-state index is 5.62. The van der Waals surface area contributed by atoms with E-state index in [9.17, 15) is 0 Å². The summed E-state index contributed by atoms with van der Waals surface area (Å²) in [6.45, 7) is 2.35. The molecule has 0 aromatic heterocycles. The fourth-order valence-corrected chi connectivity index (χ4v) is 3.01. The molecule has 2 nitrogen and oxygen atoms in total. The van der Waals surface area contributed by atoms with E-state index in [1.807, 2.05) is 11.8 Å². The van der Waals surface area contributed by atoms with Gasteiger partial charge >= 0.3 is 0 Å². The summed E-state index contributed by atoms with van der Waals surface area (Å²) in [7, 11) is 0. The Hall–Kier alpha value is -0.510. The lowest BCUT2D eigenvalue weighted by molar-refractivity contribution is 0.123. The summed E-state index contributed by atoms with van der Waals surface area (Å²) in [5, 5.41) is 0. The van der Waals surface area contributed by atoms with Crippen molar-refractivity contribution >= 4 is 11.8 Å². The highest BCUT2D eigenvalue weighted by Gasteiger charge is 2.22. The molecule has 2 rings (SSSR count). The van der Waals surface area contributed by atoms with Crippen molar-refractivity contribution in [1.29, 1.82) is 0 Å². The molecule has 0 radical (unpaired) electrons. The highest BCUT2D eigenvalue weighted by atomic mass is 32.2. The SMILES string of the molecule is NCCCOCC1CSc2ccccc21. The first kappa shape index (κ1) is 11.0. The number of hydrogen-bond acceptors (Lipinski definition) is 3. The third-order valence-electron chi connectivity index (χ3n) is 2.61. The molecular weight excluding hydrogens is 206 g/mol. The number of hydrogen-bond donors (Lipinski definition) is 1. The molecule has 15 heavy (non-hydrogen) atoms. The van der Waals surface area contributed by atoms with Gasteiger partial charge in [0, 0.05) is 23.2 Å². The summed E-state index contributed by atoms with van der Waals surface area (Å²) in [6, 6.07) is 8.62. The van der Waals surface area contributed by atoms with E-state index >= 15 is 0 Å². The van der Waals surface area contributed by atoms with Gasteiger partial charge in [-0.05, 0) is 24.6 Å². The smallest absolute Gasteiger partial charge is 0.0543 e. The molecule has 0 saturated heterocycles. The maximum absolute atomic E-state index is 5.62. The Kier molecular flexibility index (Phi) is 4.06. The van der Waals surface area contributed by atoms with Crippen molar-refractivity contribution in [2.45, 2.75) is 17.2 Å². The minimum atomic E-state index is 0.573. The van der Waals surface area contributed by atoms with Crippen LogP contribution in [0.2, 0.25) is 0 Å². The second-order valence-electron chi connectivity index (χ2n) is 3.76. The fraction of sp³-hybridized carbons (Fsp3) is 0.500. The molecule has 0 amide bonds. The van der Waals surface area contributed by atoms with E-state index in [1.165, 1.54) is 10.5 Å². The minimum Gasteiger partial charge on any atom is -0.381 e. The van der Waals surface area contributed by atoms with Crippen LogP contribution in [-0.4, -0.2) is 25.5 Å². The van der Waals surface area contributed by atoms with Gasteiger partial charge in [0.2, 0.25) is 0 Å². The van der Waals surface area contributed by atoms with E-state index in [0.717, 1.165) is 31.9 Å². The van der Waals surface area contributed by atoms with Gasteiger partial charge in [-0.1, -0.05) is 18.2 Å². The molecule has 2 N–H and O–H groups in total. The van der Waals surface area contributed by atoms with Crippen LogP contribution < -0.4 is 5.73 Å². The van der Waals surface area contributed by atoms with Crippen molar-refractivity contribution in [2.24, 2.45) is 5.73 Å². The normalized spacial score (nSPS) is 19.1. The number of benzene rings is 1. The van der Waals surface area contributed by atoms with Crippen molar-refractivity contribution in [2.75, 3.05) is 25.5 Å². The molecule has 1 aromatic carbocycles. The molecule has 82 valence electrons. The molecule has 0 bridgehead atoms. The largest absolute Gasteiger partial charge is 0.381 e. The van der Waals surface area contributed by atoms with Crippen molar-refractivity contribution in [3.8, 4) is 0 Å². The second-order valence-corrected chi connectivity index (χ2v) is 4.82. The fourth-order valence-electron chi connectivity index (χ4n) is 1.78. The van der Waals surface area contributed by atoms with Crippen molar-refractivity contribution in [3.63, 3.8) is 0 Å². The van der Waals surface area contributed by atoms with Crippen molar-refractivity contribution < 1.29 is 4.74 Å². The van der Waals surface area contributed by atoms with Crippen LogP contribution in [0.3, 0.4) is 0 Å². The Balaban J connectivity index is 1.85. The average molecular weight is 223 g/mol. The van der Waals surface area contributed by atoms with E-state index < -0.39 is 0 Å². The summed E-state index contributed by atoms with van der Waals surface area (Å²) in [5.41, 5.74) is 6.87. The van der Waals surface area contributed by atoms with Gasteiger partial charge < -0.3 is 10.5 Å². The average Bonchev–Trinajstić information content (AvgIpc) is 2.68. The van der Waals surface area contributed by atoms with Gasteiger partial charge in [0.25, 0.3) is 0 Å². The lowest BCUT2D eigenvalue weighted by Crippen LogP contribution is -2.10. The van der Waals surface area contributed by atoms with Gasteiger partial charge in [0.05, 0.1) is 6.61 Å². The number of ether oxygens (including phenoxy) is 1. The van der Waals surface area contributed by atoms with Gasteiger partial charge in [-0.25, -0.2) is 0 Å². The lowest BCUT2D eigenvalue weighted by Gasteiger charge is -2.10. The first-order valence-electron chi connectivity index (χ1n) is 5.41. The van der Waals surface area contributed by atoms with E-state index in [-0.39, 0.29) is 0 Å². The zero-order valence-electron chi connectivity index (χ0n) is 8.82. The van der Waals surface area contributed by atoms with Crippen molar-refractivity contribution in [1.82, 2.24) is 0 Å². The van der Waals surface area contributed by atoms with Gasteiger partial charge in [-0.15, -0.1) is 11.8 Å². The molecule has 1 unspecified atom stereocenters. The first-order valence-corrected chi connectivity index (χ1v) is 6.40. The minimum absolute atomic E-state index is 0.573. The van der Waals surface area contributed by atoms with Gasteiger partial charge in [-0.3, -0.25) is 0 Å². The van der Waals surface area contributed by atoms with Gasteiger partial charge in [-0.2, -0.15) is 0 Å². The molecule has 0 saturated carbocycles. The summed E-state index contributed by atoms with van der Waals surface area (Å²) in [5.74, 6) is 1.73. The Bertz CT molecular complexity index is 316. The van der Waals surface area contributed by atoms with Crippen LogP contribution in [0.5, 0.6) is 0 Å². The summed E-state index contributed by atoms with van der Waals surface area (Å²) in [6.07, 6.45) is 0.960. The van der Waals surface area contributed by atoms with Crippen LogP contribution in [-0.2, 0) is 4.74 Å². The topological polar surface area (TPSA) is 35.2 Å². The van der Waals surface area contributed by atoms with E-state index in [2.05, 4.69) is 24.3 Å². The Labute approximate surface area is 95.2 Å². The molecule has 3 heteroatoms. The Morgan fingerprint density at radius 1 is 1.40 bits per heavy atom. The summed E-state index contributed by atoms with van der Waals surface area (Å²) in [4.78, 5) is 1.42. The van der Waals surface area contributed by atoms with E-state index in [0.29, 0.717) is 5.92 Å². The van der Waals surface area contributed by atoms with Gasteiger partial charge in [0.1, 0.15) is 0 Å². The summed E-state index contributed by atoms with van der Waals surface area (Å²) >= 11 is 1.94. The van der Waals surface area contributed by atoms with Crippen LogP contribution in [0.25, 0.3) is 0 Å². The van der Waals surface area contributed by atoms with E-state index in [4.69, 9.17) is 10.5 Å². The summed E-state index contributed by atoms with van der Waals surface area (Å²) < 4.78 is 5.62. The second kappa shape index (κ2) is 5.54. The monoisotopic (exact) mass is 223 g/mol. The molecule has 1 aliphatic heterocycles. The molecule has 1 heterocycles. The number of rotatable bonds is 5. The van der Waals surface area contributed by atoms with Crippen LogP contribution >= 0.6 is 11.8 Å². The van der Waals surface area contributed by atoms with Crippen LogP contribution in [0.15, 0.2) is 29.2 Å². The first-order chi connectivity index (χ1) is 7.42. The number of nitrogens with two attached hydrogens (primary N) is 1. The highest BCUT2D eigenvalue weighted by molar-refractivity contribution is 7.99. The van der Waals surface area contributed by atoms with E-state index in [1.54, 1.807) is 0 Å². The Morgan fingerprint density at radius 2 is 2.27 bits per heavy atom. The zero-order chi connectivity index (χ0) is 10.5. The highest BCUT2D eigenvalue weighted by Crippen LogP contribution is 2.39. The number of fused-ring (bicyclic) bond motifs is 1. The third kappa shape index (κ3) is 2.74. The van der Waals surface area contributed by atoms with Gasteiger partial charge in [0.15, 0.2) is 0 Å². The lowest BCUT2D eigenvalue weighted by atomic mass is 10.0. The van der Waals surface area contributed by atoms with Crippen LogP contribution in [0.1, 0.15) is 17.9 Å². The Morgan fingerprint density at radius 3 is 3.13 bits per heavy atom. The van der Waals surface area contributed by atoms with Crippen LogP contribution in [0, 0.1) is 0 Å². The maximum Gasteiger partial charge on any atom is 0.0543 e. The molecular formula is C12H17NOS. The molecule has 1 aliphatic rings. The van der Waals surface area contributed by atoms with Crippen LogP contribution in [0.4, 0.5) is 0 Å². The molecule has 0 spiro atoms. The molecule has 0 aliphatic carbocycles. The number of thioether (sulfide) groups is 1. The predicted molar refractivity (Wildman–Crippen MR) is 64.4 cm³/mol. The molecule has 0 fully saturated rings. The zero-order valence-corrected chi connectivity index (χ0v) is 9.63. The molecule has 1 atom stereocenters. The third-order valence-corrected chi connectivity index (χ3v) is 3.86. The molecule has 1 aromatic rings. The van der Waals surface area contributed by atoms with Crippen molar-refractivity contribution in [3.05, 3.63) is 29.8 Å². The standard InChI is InChI=1S/C12H17NOS/c13-6-3-7-14-8-10-9-15-12-5-2-1-4-11(10)12/h1-2,4-5,10H,3,6-9,13H2.